The zero-order valence-corrected chi connectivity index (χ0v) is 14.5. The van der Waals surface area contributed by atoms with E-state index in [0.29, 0.717) is 5.92 Å². The number of rotatable bonds is 4. The van der Waals surface area contributed by atoms with Gasteiger partial charge in [0.05, 0.1) is 6.10 Å². The highest BCUT2D eigenvalue weighted by molar-refractivity contribution is 5.93. The van der Waals surface area contributed by atoms with Crippen LogP contribution in [0.4, 0.5) is 10.5 Å². The summed E-state index contributed by atoms with van der Waals surface area (Å²) < 4.78 is 2.25. The Hall–Kier alpha value is -2.01. The fraction of sp³-hybridized carbons (Fsp3) is 0.526. The largest absolute Gasteiger partial charge is 0.393 e. The van der Waals surface area contributed by atoms with Crippen molar-refractivity contribution in [2.24, 2.45) is 5.92 Å². The molecule has 1 saturated carbocycles. The van der Waals surface area contributed by atoms with E-state index in [9.17, 15) is 9.90 Å². The molecule has 0 bridgehead atoms. The van der Waals surface area contributed by atoms with Gasteiger partial charge in [-0.25, -0.2) is 4.79 Å². The average molecular weight is 329 g/mol. The number of aliphatic hydroxyl groups is 1. The highest BCUT2D eigenvalue weighted by atomic mass is 16.3. The van der Waals surface area contributed by atoms with Crippen LogP contribution in [0, 0.1) is 5.92 Å². The second-order valence-corrected chi connectivity index (χ2v) is 7.24. The van der Waals surface area contributed by atoms with Gasteiger partial charge in [0.1, 0.15) is 0 Å². The van der Waals surface area contributed by atoms with Gasteiger partial charge in [-0.1, -0.05) is 13.8 Å². The van der Waals surface area contributed by atoms with E-state index in [1.165, 1.54) is 5.52 Å². The maximum Gasteiger partial charge on any atom is 0.319 e. The third-order valence-corrected chi connectivity index (χ3v) is 4.62. The molecule has 1 aliphatic rings. The van der Waals surface area contributed by atoms with Gasteiger partial charge in [0, 0.05) is 35.4 Å². The minimum atomic E-state index is -0.205. The van der Waals surface area contributed by atoms with Gasteiger partial charge in [0.15, 0.2) is 0 Å². The van der Waals surface area contributed by atoms with Gasteiger partial charge in [0.25, 0.3) is 0 Å². The quantitative estimate of drug-likeness (QED) is 0.800. The maximum absolute atomic E-state index is 12.2. The Balaban J connectivity index is 1.61. The lowest BCUT2D eigenvalue weighted by Gasteiger charge is -2.26. The summed E-state index contributed by atoms with van der Waals surface area (Å²) in [4.78, 5) is 12.2. The van der Waals surface area contributed by atoms with E-state index in [-0.39, 0.29) is 18.2 Å². The van der Waals surface area contributed by atoms with Gasteiger partial charge in [-0.2, -0.15) is 0 Å². The number of amides is 2. The fourth-order valence-electron chi connectivity index (χ4n) is 3.40. The van der Waals surface area contributed by atoms with Gasteiger partial charge in [0.2, 0.25) is 0 Å². The van der Waals surface area contributed by atoms with Crippen LogP contribution in [0.25, 0.3) is 10.9 Å². The van der Waals surface area contributed by atoms with Crippen molar-refractivity contribution in [1.29, 1.82) is 0 Å². The van der Waals surface area contributed by atoms with E-state index in [1.807, 2.05) is 12.1 Å². The summed E-state index contributed by atoms with van der Waals surface area (Å²) in [5, 5.41) is 16.6. The molecule has 5 nitrogen and oxygen atoms in total. The predicted molar refractivity (Wildman–Crippen MR) is 97.2 cm³/mol. The summed E-state index contributed by atoms with van der Waals surface area (Å²) in [5.41, 5.74) is 1.99. The molecule has 0 saturated heterocycles. The number of urea groups is 1. The molecule has 0 atom stereocenters. The molecule has 1 aliphatic carbocycles. The van der Waals surface area contributed by atoms with Crippen molar-refractivity contribution in [3.05, 3.63) is 30.5 Å². The van der Waals surface area contributed by atoms with Crippen molar-refractivity contribution in [2.75, 3.05) is 5.32 Å². The molecule has 0 spiro atoms. The van der Waals surface area contributed by atoms with Crippen LogP contribution in [0.5, 0.6) is 0 Å². The summed E-state index contributed by atoms with van der Waals surface area (Å²) in [6, 6.07) is 8.09. The number of nitrogens with zero attached hydrogens (tertiary/aromatic N) is 1. The Morgan fingerprint density at radius 1 is 1.25 bits per heavy atom. The molecular formula is C19H27N3O2. The lowest BCUT2D eigenvalue weighted by atomic mass is 9.93. The summed E-state index contributed by atoms with van der Waals surface area (Å²) in [7, 11) is 0. The van der Waals surface area contributed by atoms with E-state index in [1.54, 1.807) is 0 Å². The third kappa shape index (κ3) is 4.09. The first-order chi connectivity index (χ1) is 11.5. The molecule has 5 heteroatoms. The van der Waals surface area contributed by atoms with Gasteiger partial charge >= 0.3 is 6.03 Å². The van der Waals surface area contributed by atoms with Crippen LogP contribution in [0.2, 0.25) is 0 Å². The SMILES string of the molecule is CC(C)Cn1ccc2cc(NC(=O)NC3CCC(O)CC3)ccc21. The number of fused-ring (bicyclic) bond motifs is 1. The van der Waals surface area contributed by atoms with Crippen LogP contribution in [-0.2, 0) is 6.54 Å². The van der Waals surface area contributed by atoms with Crippen LogP contribution in [0.3, 0.4) is 0 Å². The van der Waals surface area contributed by atoms with Crippen LogP contribution in [0.15, 0.2) is 30.5 Å². The normalized spacial score (nSPS) is 21.2. The second kappa shape index (κ2) is 7.26. The minimum absolute atomic E-state index is 0.157. The van der Waals surface area contributed by atoms with Crippen molar-refractivity contribution in [3.8, 4) is 0 Å². The summed E-state index contributed by atoms with van der Waals surface area (Å²) in [5.74, 6) is 0.596. The van der Waals surface area contributed by atoms with E-state index >= 15 is 0 Å². The molecule has 0 unspecified atom stereocenters. The maximum atomic E-state index is 12.2. The Kier molecular flexibility index (Phi) is 5.09. The molecule has 0 radical (unpaired) electrons. The number of carbonyl (C=O) groups is 1. The highest BCUT2D eigenvalue weighted by Gasteiger charge is 2.20. The van der Waals surface area contributed by atoms with Gasteiger partial charge in [-0.05, 0) is 55.9 Å². The first-order valence-electron chi connectivity index (χ1n) is 8.86. The number of nitrogens with one attached hydrogen (secondary N) is 2. The fourth-order valence-corrected chi connectivity index (χ4v) is 3.40. The number of benzene rings is 1. The number of hydrogen-bond donors (Lipinski definition) is 3. The second-order valence-electron chi connectivity index (χ2n) is 7.24. The molecule has 3 N–H and O–H groups in total. The highest BCUT2D eigenvalue weighted by Crippen LogP contribution is 2.22. The molecule has 2 amide bonds. The average Bonchev–Trinajstić information content (AvgIpc) is 2.91. The van der Waals surface area contributed by atoms with Gasteiger partial charge < -0.3 is 20.3 Å². The van der Waals surface area contributed by atoms with E-state index in [0.717, 1.165) is 43.3 Å². The van der Waals surface area contributed by atoms with Crippen molar-refractivity contribution in [2.45, 2.75) is 58.2 Å². The molecule has 1 fully saturated rings. The molecular weight excluding hydrogens is 302 g/mol. The summed E-state index contributed by atoms with van der Waals surface area (Å²) in [6.45, 7) is 5.40. The standard InChI is InChI=1S/C19H27N3O2/c1-13(2)12-22-10-9-14-11-16(5-8-18(14)22)21-19(24)20-15-3-6-17(23)7-4-15/h5,8-11,13,15,17,23H,3-4,6-7,12H2,1-2H3,(H2,20,21,24). The zero-order valence-electron chi connectivity index (χ0n) is 14.5. The zero-order chi connectivity index (χ0) is 17.1. The van der Waals surface area contributed by atoms with Crippen molar-refractivity contribution < 1.29 is 9.90 Å². The van der Waals surface area contributed by atoms with E-state index in [2.05, 4.69) is 47.4 Å². The number of hydrogen-bond acceptors (Lipinski definition) is 2. The van der Waals surface area contributed by atoms with Gasteiger partial charge in [-0.15, -0.1) is 0 Å². The van der Waals surface area contributed by atoms with Crippen molar-refractivity contribution >= 4 is 22.6 Å². The first kappa shape index (κ1) is 16.8. The topological polar surface area (TPSA) is 66.3 Å². The molecule has 1 aromatic heterocycles. The van der Waals surface area contributed by atoms with Crippen LogP contribution < -0.4 is 10.6 Å². The molecule has 1 heterocycles. The smallest absolute Gasteiger partial charge is 0.319 e. The minimum Gasteiger partial charge on any atom is -0.393 e. The van der Waals surface area contributed by atoms with E-state index < -0.39 is 0 Å². The predicted octanol–water partition coefficient (Wildman–Crippen LogP) is 3.72. The van der Waals surface area contributed by atoms with Gasteiger partial charge in [-0.3, -0.25) is 0 Å². The summed E-state index contributed by atoms with van der Waals surface area (Å²) >= 11 is 0. The Morgan fingerprint density at radius 2 is 2.00 bits per heavy atom. The Bertz CT molecular complexity index is 700. The molecule has 130 valence electrons. The first-order valence-corrected chi connectivity index (χ1v) is 8.86. The molecule has 0 aliphatic heterocycles. The number of aliphatic hydroxyl groups excluding tert-OH is 1. The molecule has 3 rings (SSSR count). The number of anilines is 1. The molecule has 24 heavy (non-hydrogen) atoms. The molecule has 2 aromatic rings. The summed E-state index contributed by atoms with van der Waals surface area (Å²) in [6.07, 6.45) is 5.10. The lowest BCUT2D eigenvalue weighted by Crippen LogP contribution is -2.40. The van der Waals surface area contributed by atoms with E-state index in [4.69, 9.17) is 0 Å². The third-order valence-electron chi connectivity index (χ3n) is 4.62. The Labute approximate surface area is 143 Å². The number of carbonyl (C=O) groups excluding carboxylic acids is 1. The van der Waals surface area contributed by atoms with Crippen LogP contribution in [0.1, 0.15) is 39.5 Å². The lowest BCUT2D eigenvalue weighted by molar-refractivity contribution is 0.118. The number of aromatic nitrogens is 1. The van der Waals surface area contributed by atoms with Crippen LogP contribution >= 0.6 is 0 Å². The molecule has 1 aromatic carbocycles. The monoisotopic (exact) mass is 329 g/mol. The van der Waals surface area contributed by atoms with Crippen LogP contribution in [-0.4, -0.2) is 27.9 Å². The Morgan fingerprint density at radius 3 is 2.71 bits per heavy atom. The van der Waals surface area contributed by atoms with Crippen molar-refractivity contribution in [1.82, 2.24) is 9.88 Å². The van der Waals surface area contributed by atoms with Crippen molar-refractivity contribution in [3.63, 3.8) is 0 Å².